The molecule has 1 aromatic carbocycles. The molecule has 19 heavy (non-hydrogen) atoms. The van der Waals surface area contributed by atoms with Gasteiger partial charge in [-0.3, -0.25) is 0 Å². The number of benzene rings is 1. The van der Waals surface area contributed by atoms with Crippen molar-refractivity contribution in [2.75, 3.05) is 6.54 Å². The summed E-state index contributed by atoms with van der Waals surface area (Å²) in [6.07, 6.45) is 1.49. The maximum absolute atomic E-state index is 5.72. The molecule has 0 aliphatic heterocycles. The minimum absolute atomic E-state index is 0.270. The maximum atomic E-state index is 5.72. The van der Waals surface area contributed by atoms with E-state index in [1.165, 1.54) is 0 Å². The monoisotopic (exact) mass is 325 g/mol. The van der Waals surface area contributed by atoms with Gasteiger partial charge in [0, 0.05) is 10.9 Å². The zero-order chi connectivity index (χ0) is 13.7. The highest BCUT2D eigenvalue weighted by Crippen LogP contribution is 2.24. The summed E-state index contributed by atoms with van der Waals surface area (Å²) >= 11 is 3.44. The molecule has 2 N–H and O–H groups in total. The molecule has 0 fully saturated rings. The highest BCUT2D eigenvalue weighted by molar-refractivity contribution is 9.10. The summed E-state index contributed by atoms with van der Waals surface area (Å²) in [4.78, 5) is 0. The van der Waals surface area contributed by atoms with Crippen LogP contribution in [0.25, 0.3) is 0 Å². The van der Waals surface area contributed by atoms with E-state index in [0.29, 0.717) is 18.3 Å². The molecule has 0 unspecified atom stereocenters. The molecule has 0 spiro atoms. The molecular formula is C13H16BrN3O2. The molecule has 0 saturated heterocycles. The number of rotatable bonds is 6. The molecule has 0 amide bonds. The van der Waals surface area contributed by atoms with Gasteiger partial charge >= 0.3 is 0 Å². The van der Waals surface area contributed by atoms with Gasteiger partial charge in [0.1, 0.15) is 5.75 Å². The van der Waals surface area contributed by atoms with E-state index in [1.807, 2.05) is 25.1 Å². The number of nitrogens with zero attached hydrogens (tertiary/aromatic N) is 2. The van der Waals surface area contributed by atoms with Crippen molar-refractivity contribution in [2.24, 2.45) is 5.73 Å². The van der Waals surface area contributed by atoms with Gasteiger partial charge in [-0.2, -0.15) is 0 Å². The van der Waals surface area contributed by atoms with Crippen molar-refractivity contribution >= 4 is 15.9 Å². The number of aromatic nitrogens is 2. The molecule has 2 rings (SSSR count). The van der Waals surface area contributed by atoms with Crippen molar-refractivity contribution < 1.29 is 9.15 Å². The summed E-state index contributed by atoms with van der Waals surface area (Å²) < 4.78 is 12.1. The lowest BCUT2D eigenvalue weighted by Crippen LogP contribution is -2.05. The normalized spacial score (nSPS) is 10.7. The van der Waals surface area contributed by atoms with Crippen LogP contribution in [0.2, 0.25) is 0 Å². The second-order valence-electron chi connectivity index (χ2n) is 4.02. The predicted molar refractivity (Wildman–Crippen MR) is 74.9 cm³/mol. The van der Waals surface area contributed by atoms with E-state index in [4.69, 9.17) is 14.9 Å². The van der Waals surface area contributed by atoms with Gasteiger partial charge in [0.05, 0.1) is 0 Å². The second kappa shape index (κ2) is 6.68. The minimum atomic E-state index is 0.270. The Morgan fingerprint density at radius 1 is 1.32 bits per heavy atom. The van der Waals surface area contributed by atoms with Gasteiger partial charge in [0.25, 0.3) is 5.89 Å². The molecule has 0 bridgehead atoms. The van der Waals surface area contributed by atoms with Crippen LogP contribution in [-0.2, 0) is 19.4 Å². The zero-order valence-electron chi connectivity index (χ0n) is 10.7. The van der Waals surface area contributed by atoms with Crippen molar-refractivity contribution in [3.05, 3.63) is 40.0 Å². The lowest BCUT2D eigenvalue weighted by molar-refractivity contribution is 0.257. The average Bonchev–Trinajstić information content (AvgIpc) is 2.86. The van der Waals surface area contributed by atoms with E-state index in [2.05, 4.69) is 26.1 Å². The number of hydrogen-bond acceptors (Lipinski definition) is 5. The molecule has 5 nitrogen and oxygen atoms in total. The maximum Gasteiger partial charge on any atom is 0.253 e. The SMILES string of the molecule is CCc1nnc(COc2ccc(Br)cc2CCN)o1. The molecule has 6 heteroatoms. The minimum Gasteiger partial charge on any atom is -0.484 e. The zero-order valence-corrected chi connectivity index (χ0v) is 12.3. The Bertz CT molecular complexity index is 542. The number of halogens is 1. The van der Waals surface area contributed by atoms with Crippen LogP contribution in [0, 0.1) is 0 Å². The van der Waals surface area contributed by atoms with Crippen molar-refractivity contribution in [2.45, 2.75) is 26.4 Å². The summed E-state index contributed by atoms with van der Waals surface area (Å²) in [5.41, 5.74) is 6.66. The van der Waals surface area contributed by atoms with Gasteiger partial charge in [-0.05, 0) is 36.7 Å². The van der Waals surface area contributed by atoms with E-state index >= 15 is 0 Å². The highest BCUT2D eigenvalue weighted by atomic mass is 79.9. The van der Waals surface area contributed by atoms with Crippen LogP contribution in [-0.4, -0.2) is 16.7 Å². The Morgan fingerprint density at radius 3 is 2.79 bits per heavy atom. The van der Waals surface area contributed by atoms with Gasteiger partial charge in [0.15, 0.2) is 6.61 Å². The predicted octanol–water partition coefficient (Wildman–Crippen LogP) is 2.47. The van der Waals surface area contributed by atoms with Crippen LogP contribution in [0.15, 0.2) is 27.1 Å². The third-order valence-electron chi connectivity index (χ3n) is 2.60. The van der Waals surface area contributed by atoms with Crippen molar-refractivity contribution in [1.82, 2.24) is 10.2 Å². The van der Waals surface area contributed by atoms with Gasteiger partial charge < -0.3 is 14.9 Å². The third kappa shape index (κ3) is 3.78. The van der Waals surface area contributed by atoms with Gasteiger partial charge in [-0.25, -0.2) is 0 Å². The fraction of sp³-hybridized carbons (Fsp3) is 0.385. The first-order valence-corrected chi connectivity index (χ1v) is 6.94. The standard InChI is InChI=1S/C13H16BrN3O2/c1-2-12-16-17-13(19-12)8-18-11-4-3-10(14)7-9(11)5-6-15/h3-4,7H,2,5-6,8,15H2,1H3. The largest absolute Gasteiger partial charge is 0.484 e. The van der Waals surface area contributed by atoms with E-state index < -0.39 is 0 Å². The lowest BCUT2D eigenvalue weighted by atomic mass is 10.1. The van der Waals surface area contributed by atoms with Crippen LogP contribution in [0.5, 0.6) is 5.75 Å². The first-order valence-electron chi connectivity index (χ1n) is 6.15. The summed E-state index contributed by atoms with van der Waals surface area (Å²) in [7, 11) is 0. The van der Waals surface area contributed by atoms with Crippen molar-refractivity contribution in [3.63, 3.8) is 0 Å². The molecule has 1 aromatic heterocycles. The van der Waals surface area contributed by atoms with Crippen molar-refractivity contribution in [1.29, 1.82) is 0 Å². The second-order valence-corrected chi connectivity index (χ2v) is 4.94. The van der Waals surface area contributed by atoms with Gasteiger partial charge in [-0.15, -0.1) is 10.2 Å². The van der Waals surface area contributed by atoms with Crippen LogP contribution in [0.4, 0.5) is 0 Å². The molecular weight excluding hydrogens is 310 g/mol. The number of aryl methyl sites for hydroxylation is 1. The van der Waals surface area contributed by atoms with E-state index in [-0.39, 0.29) is 6.61 Å². The summed E-state index contributed by atoms with van der Waals surface area (Å²) in [6, 6.07) is 5.85. The average molecular weight is 326 g/mol. The lowest BCUT2D eigenvalue weighted by Gasteiger charge is -2.09. The number of hydrogen-bond donors (Lipinski definition) is 1. The Balaban J connectivity index is 2.05. The quantitative estimate of drug-likeness (QED) is 0.883. The molecule has 2 aromatic rings. The first-order chi connectivity index (χ1) is 9.22. The molecule has 0 radical (unpaired) electrons. The Hall–Kier alpha value is -1.40. The van der Waals surface area contributed by atoms with Crippen LogP contribution in [0.1, 0.15) is 24.3 Å². The Labute approximate surface area is 120 Å². The van der Waals surface area contributed by atoms with E-state index in [0.717, 1.165) is 28.6 Å². The van der Waals surface area contributed by atoms with Crippen LogP contribution < -0.4 is 10.5 Å². The Morgan fingerprint density at radius 2 is 2.11 bits per heavy atom. The summed E-state index contributed by atoms with van der Waals surface area (Å²) in [5, 5.41) is 7.82. The third-order valence-corrected chi connectivity index (χ3v) is 3.09. The number of nitrogens with two attached hydrogens (primary N) is 1. The van der Waals surface area contributed by atoms with Crippen LogP contribution >= 0.6 is 15.9 Å². The topological polar surface area (TPSA) is 74.2 Å². The van der Waals surface area contributed by atoms with E-state index in [1.54, 1.807) is 0 Å². The van der Waals surface area contributed by atoms with E-state index in [9.17, 15) is 0 Å². The fourth-order valence-corrected chi connectivity index (χ4v) is 2.08. The highest BCUT2D eigenvalue weighted by Gasteiger charge is 2.08. The molecule has 102 valence electrons. The number of ether oxygens (including phenoxy) is 1. The first kappa shape index (κ1) is 14.0. The van der Waals surface area contributed by atoms with Crippen LogP contribution in [0.3, 0.4) is 0 Å². The molecule has 1 heterocycles. The van der Waals surface area contributed by atoms with Gasteiger partial charge in [-0.1, -0.05) is 22.9 Å². The molecule has 0 saturated carbocycles. The molecule has 0 atom stereocenters. The smallest absolute Gasteiger partial charge is 0.253 e. The molecule has 0 aliphatic rings. The van der Waals surface area contributed by atoms with Gasteiger partial charge in [0.2, 0.25) is 5.89 Å². The molecule has 0 aliphatic carbocycles. The van der Waals surface area contributed by atoms with Crippen molar-refractivity contribution in [3.8, 4) is 5.75 Å². The summed E-state index contributed by atoms with van der Waals surface area (Å²) in [5.74, 6) is 1.90. The summed E-state index contributed by atoms with van der Waals surface area (Å²) in [6.45, 7) is 2.81. The fourth-order valence-electron chi connectivity index (χ4n) is 1.67. The Kier molecular flexibility index (Phi) is 4.93.